The number of methoxy groups -OCH3 is 1. The summed E-state index contributed by atoms with van der Waals surface area (Å²) in [5.41, 5.74) is 2.28. The van der Waals surface area contributed by atoms with Gasteiger partial charge in [-0.3, -0.25) is 9.52 Å². The topological polar surface area (TPSA) is 84.5 Å². The van der Waals surface area contributed by atoms with Gasteiger partial charge in [-0.2, -0.15) is 0 Å². The average Bonchev–Trinajstić information content (AvgIpc) is 2.63. The third kappa shape index (κ3) is 7.25. The molecule has 1 amide bonds. The van der Waals surface area contributed by atoms with Gasteiger partial charge in [-0.1, -0.05) is 42.5 Å². The van der Waals surface area contributed by atoms with Gasteiger partial charge in [-0.15, -0.1) is 0 Å². The van der Waals surface area contributed by atoms with Crippen LogP contribution < -0.4 is 10.0 Å². The number of carbonyl (C=O) groups excluding carboxylic acids is 1. The minimum Gasteiger partial charge on any atom is -0.383 e. The third-order valence-corrected chi connectivity index (χ3v) is 5.01. The van der Waals surface area contributed by atoms with Gasteiger partial charge in [-0.05, 0) is 29.7 Å². The largest absolute Gasteiger partial charge is 0.383 e. The summed E-state index contributed by atoms with van der Waals surface area (Å²) < 4.78 is 31.8. The second kappa shape index (κ2) is 9.94. The van der Waals surface area contributed by atoms with E-state index in [2.05, 4.69) is 10.0 Å². The molecule has 6 nitrogen and oxygen atoms in total. The van der Waals surface area contributed by atoms with E-state index in [4.69, 9.17) is 4.74 Å². The number of hydrogen-bond acceptors (Lipinski definition) is 4. The number of benzene rings is 2. The Hall–Kier alpha value is -2.38. The third-order valence-electron chi connectivity index (χ3n) is 3.72. The van der Waals surface area contributed by atoms with Crippen LogP contribution in [0.4, 0.5) is 5.69 Å². The van der Waals surface area contributed by atoms with E-state index in [9.17, 15) is 13.2 Å². The number of rotatable bonds is 10. The molecule has 0 atom stereocenters. The normalized spacial score (nSPS) is 11.1. The highest BCUT2D eigenvalue weighted by atomic mass is 32.2. The van der Waals surface area contributed by atoms with E-state index in [0.29, 0.717) is 25.3 Å². The van der Waals surface area contributed by atoms with Gasteiger partial charge in [0.2, 0.25) is 15.9 Å². The second-order valence-corrected chi connectivity index (χ2v) is 7.71. The molecule has 0 aliphatic heterocycles. The van der Waals surface area contributed by atoms with E-state index >= 15 is 0 Å². The van der Waals surface area contributed by atoms with Crippen molar-refractivity contribution in [3.05, 3.63) is 65.7 Å². The Morgan fingerprint density at radius 1 is 1.00 bits per heavy atom. The van der Waals surface area contributed by atoms with Gasteiger partial charge in [0.05, 0.1) is 18.8 Å². The Bertz CT molecular complexity index is 790. The van der Waals surface area contributed by atoms with Crippen LogP contribution >= 0.6 is 0 Å². The molecule has 0 bridgehead atoms. The molecule has 26 heavy (non-hydrogen) atoms. The Balaban J connectivity index is 1.84. The summed E-state index contributed by atoms with van der Waals surface area (Å²) in [5, 5.41) is 2.74. The number of ether oxygens (including phenoxy) is 1. The van der Waals surface area contributed by atoms with Crippen molar-refractivity contribution in [3.8, 4) is 0 Å². The molecule has 0 unspecified atom stereocenters. The Kier molecular flexibility index (Phi) is 7.62. The highest BCUT2D eigenvalue weighted by Gasteiger charge is 2.11. The number of hydrogen-bond donors (Lipinski definition) is 2. The fraction of sp³-hybridized carbons (Fsp3) is 0.316. The molecule has 0 saturated carbocycles. The van der Waals surface area contributed by atoms with E-state index < -0.39 is 10.0 Å². The summed E-state index contributed by atoms with van der Waals surface area (Å²) in [6, 6.07) is 16.3. The van der Waals surface area contributed by atoms with Crippen LogP contribution in [0.2, 0.25) is 0 Å². The molecule has 140 valence electrons. The highest BCUT2D eigenvalue weighted by Crippen LogP contribution is 2.13. The quantitative estimate of drug-likeness (QED) is 0.621. The first kappa shape index (κ1) is 19.9. The molecule has 0 aliphatic rings. The van der Waals surface area contributed by atoms with Gasteiger partial charge in [0, 0.05) is 19.3 Å². The summed E-state index contributed by atoms with van der Waals surface area (Å²) >= 11 is 0. The van der Waals surface area contributed by atoms with Crippen LogP contribution in [0.1, 0.15) is 11.1 Å². The maximum absolute atomic E-state index is 12.2. The number of amides is 1. The van der Waals surface area contributed by atoms with Gasteiger partial charge < -0.3 is 10.1 Å². The molecular weight excluding hydrogens is 352 g/mol. The second-order valence-electron chi connectivity index (χ2n) is 5.87. The predicted octanol–water partition coefficient (Wildman–Crippen LogP) is 1.98. The van der Waals surface area contributed by atoms with Crippen molar-refractivity contribution in [2.24, 2.45) is 0 Å². The minimum atomic E-state index is -3.43. The number of anilines is 1. The van der Waals surface area contributed by atoms with E-state index in [-0.39, 0.29) is 18.1 Å². The van der Waals surface area contributed by atoms with E-state index in [1.807, 2.05) is 30.3 Å². The fourth-order valence-corrected chi connectivity index (χ4v) is 3.46. The number of aryl methyl sites for hydroxylation is 1. The average molecular weight is 376 g/mol. The van der Waals surface area contributed by atoms with Gasteiger partial charge in [-0.25, -0.2) is 8.42 Å². The zero-order valence-corrected chi connectivity index (χ0v) is 15.6. The van der Waals surface area contributed by atoms with Crippen molar-refractivity contribution in [1.29, 1.82) is 0 Å². The fourth-order valence-electron chi connectivity index (χ4n) is 2.36. The van der Waals surface area contributed by atoms with Crippen LogP contribution in [-0.2, 0) is 32.4 Å². The molecule has 2 aromatic rings. The molecule has 0 aromatic heterocycles. The first-order valence-electron chi connectivity index (χ1n) is 8.37. The molecule has 0 saturated heterocycles. The van der Waals surface area contributed by atoms with Crippen LogP contribution in [0.15, 0.2) is 54.6 Å². The van der Waals surface area contributed by atoms with Gasteiger partial charge in [0.25, 0.3) is 0 Å². The molecule has 0 fully saturated rings. The summed E-state index contributed by atoms with van der Waals surface area (Å²) in [4.78, 5) is 11.7. The Morgan fingerprint density at radius 2 is 1.69 bits per heavy atom. The molecule has 7 heteroatoms. The van der Waals surface area contributed by atoms with E-state index in [0.717, 1.165) is 11.1 Å². The maximum atomic E-state index is 12.2. The van der Waals surface area contributed by atoms with Crippen LogP contribution in [-0.4, -0.2) is 40.3 Å². The lowest BCUT2D eigenvalue weighted by molar-refractivity contribution is -0.120. The first-order chi connectivity index (χ1) is 12.5. The predicted molar refractivity (Wildman–Crippen MR) is 103 cm³/mol. The molecule has 0 aliphatic carbocycles. The molecule has 0 radical (unpaired) electrons. The van der Waals surface area contributed by atoms with Crippen LogP contribution in [0.25, 0.3) is 0 Å². The lowest BCUT2D eigenvalue weighted by atomic mass is 10.1. The van der Waals surface area contributed by atoms with Gasteiger partial charge in [0.1, 0.15) is 0 Å². The van der Waals surface area contributed by atoms with Crippen LogP contribution in [0.3, 0.4) is 0 Å². The summed E-state index contributed by atoms with van der Waals surface area (Å²) in [5.74, 6) is -0.0843. The molecule has 2 aromatic carbocycles. The molecule has 0 spiro atoms. The van der Waals surface area contributed by atoms with E-state index in [1.54, 1.807) is 31.4 Å². The smallest absolute Gasteiger partial charge is 0.233 e. The maximum Gasteiger partial charge on any atom is 0.233 e. The molecular formula is C19H24N2O4S. The molecule has 2 N–H and O–H groups in total. The van der Waals surface area contributed by atoms with Crippen molar-refractivity contribution in [2.45, 2.75) is 12.8 Å². The standard InChI is InChI=1S/C19H24N2O4S/c1-25-13-12-20-19(22)15-17-7-9-18(10-8-17)21-26(23,24)14-11-16-5-3-2-4-6-16/h2-10,21H,11-15H2,1H3,(H,20,22). The first-order valence-corrected chi connectivity index (χ1v) is 10.0. The number of nitrogens with one attached hydrogen (secondary N) is 2. The van der Waals surface area contributed by atoms with E-state index in [1.165, 1.54) is 0 Å². The summed E-state index contributed by atoms with van der Waals surface area (Å²) in [6.45, 7) is 0.935. The Morgan fingerprint density at radius 3 is 2.35 bits per heavy atom. The number of sulfonamides is 1. The zero-order valence-electron chi connectivity index (χ0n) is 14.8. The molecule has 2 rings (SSSR count). The minimum absolute atomic E-state index is 0.0146. The van der Waals surface area contributed by atoms with Crippen molar-refractivity contribution >= 4 is 21.6 Å². The lowest BCUT2D eigenvalue weighted by Crippen LogP contribution is -2.28. The lowest BCUT2D eigenvalue weighted by Gasteiger charge is -2.09. The van der Waals surface area contributed by atoms with Crippen molar-refractivity contribution in [1.82, 2.24) is 5.32 Å². The van der Waals surface area contributed by atoms with Crippen molar-refractivity contribution < 1.29 is 17.9 Å². The zero-order chi connectivity index (χ0) is 18.8. The highest BCUT2D eigenvalue weighted by molar-refractivity contribution is 7.92. The SMILES string of the molecule is COCCNC(=O)Cc1ccc(NS(=O)(=O)CCc2ccccc2)cc1. The van der Waals surface area contributed by atoms with Crippen molar-refractivity contribution in [3.63, 3.8) is 0 Å². The monoisotopic (exact) mass is 376 g/mol. The summed E-state index contributed by atoms with van der Waals surface area (Å²) in [6.07, 6.45) is 0.695. The van der Waals surface area contributed by atoms with Crippen LogP contribution in [0, 0.1) is 0 Å². The number of carbonyl (C=O) groups is 1. The summed E-state index contributed by atoms with van der Waals surface area (Å²) in [7, 11) is -1.85. The van der Waals surface area contributed by atoms with Crippen molar-refractivity contribution in [2.75, 3.05) is 30.7 Å². The molecule has 0 heterocycles. The Labute approximate surface area is 154 Å². The van der Waals surface area contributed by atoms with Crippen LogP contribution in [0.5, 0.6) is 0 Å². The van der Waals surface area contributed by atoms with Gasteiger partial charge in [0.15, 0.2) is 0 Å². The van der Waals surface area contributed by atoms with Gasteiger partial charge >= 0.3 is 0 Å².